The summed E-state index contributed by atoms with van der Waals surface area (Å²) >= 11 is 0. The molecule has 0 aliphatic heterocycles. The number of hydrogen-bond acceptors (Lipinski definition) is 3. The Bertz CT molecular complexity index is 359. The van der Waals surface area contributed by atoms with Crippen LogP contribution in [0.5, 0.6) is 5.75 Å². The van der Waals surface area contributed by atoms with Crippen LogP contribution in [0.2, 0.25) is 0 Å². The van der Waals surface area contributed by atoms with Crippen LogP contribution in [0.25, 0.3) is 0 Å². The van der Waals surface area contributed by atoms with Gasteiger partial charge in [0.15, 0.2) is 0 Å². The Kier molecular flexibility index (Phi) is 2.67. The van der Waals surface area contributed by atoms with Gasteiger partial charge in [-0.3, -0.25) is 0 Å². The Morgan fingerprint density at radius 1 is 1.53 bits per heavy atom. The molecule has 1 atom stereocenters. The van der Waals surface area contributed by atoms with Gasteiger partial charge in [-0.1, -0.05) is 6.07 Å². The second kappa shape index (κ2) is 3.83. The summed E-state index contributed by atoms with van der Waals surface area (Å²) in [7, 11) is 1.69. The highest BCUT2D eigenvalue weighted by Gasteiger charge is 2.35. The molecule has 0 amide bonds. The number of methoxy groups -OCH3 is 1. The van der Waals surface area contributed by atoms with Gasteiger partial charge in [-0.25, -0.2) is 0 Å². The Morgan fingerprint density at radius 3 is 3.00 bits per heavy atom. The highest BCUT2D eigenvalue weighted by molar-refractivity contribution is 5.40. The molecule has 15 heavy (non-hydrogen) atoms. The van der Waals surface area contributed by atoms with Gasteiger partial charge in [0.2, 0.25) is 0 Å². The van der Waals surface area contributed by atoms with Crippen LogP contribution in [-0.2, 0) is 16.8 Å². The first kappa shape index (κ1) is 10.5. The van der Waals surface area contributed by atoms with Gasteiger partial charge in [-0.05, 0) is 42.5 Å². The van der Waals surface area contributed by atoms with Crippen molar-refractivity contribution < 1.29 is 9.84 Å². The maximum Gasteiger partial charge on any atom is 0.115 e. The fraction of sp³-hybridized carbons (Fsp3) is 0.500. The first-order valence-electron chi connectivity index (χ1n) is 5.29. The van der Waals surface area contributed by atoms with E-state index in [2.05, 4.69) is 0 Å². The van der Waals surface area contributed by atoms with Gasteiger partial charge in [-0.2, -0.15) is 0 Å². The van der Waals surface area contributed by atoms with Crippen molar-refractivity contribution in [3.63, 3.8) is 0 Å². The van der Waals surface area contributed by atoms with Crippen LogP contribution in [0.15, 0.2) is 18.2 Å². The Labute approximate surface area is 89.9 Å². The fourth-order valence-corrected chi connectivity index (χ4v) is 2.41. The second-order valence-corrected chi connectivity index (χ2v) is 4.10. The van der Waals surface area contributed by atoms with E-state index in [9.17, 15) is 5.11 Å². The largest absolute Gasteiger partial charge is 0.508 e. The number of rotatable bonds is 2. The van der Waals surface area contributed by atoms with Crippen LogP contribution >= 0.6 is 0 Å². The van der Waals surface area contributed by atoms with Crippen molar-refractivity contribution in [3.05, 3.63) is 29.3 Å². The molecule has 0 bridgehead atoms. The molecular formula is C12H17NO2. The van der Waals surface area contributed by atoms with Crippen molar-refractivity contribution in [2.24, 2.45) is 5.73 Å². The fourth-order valence-electron chi connectivity index (χ4n) is 2.41. The third-order valence-corrected chi connectivity index (χ3v) is 3.33. The molecule has 3 heteroatoms. The zero-order chi connectivity index (χ0) is 10.9. The van der Waals surface area contributed by atoms with Gasteiger partial charge in [0.05, 0.1) is 0 Å². The summed E-state index contributed by atoms with van der Waals surface area (Å²) in [4.78, 5) is 0. The summed E-state index contributed by atoms with van der Waals surface area (Å²) in [5.41, 5.74) is 7.71. The third-order valence-electron chi connectivity index (χ3n) is 3.33. The van der Waals surface area contributed by atoms with E-state index in [-0.39, 0.29) is 5.75 Å². The van der Waals surface area contributed by atoms with E-state index in [0.29, 0.717) is 6.54 Å². The summed E-state index contributed by atoms with van der Waals surface area (Å²) in [5, 5.41) is 9.52. The first-order chi connectivity index (χ1) is 7.22. The molecule has 0 saturated carbocycles. The Morgan fingerprint density at radius 2 is 2.33 bits per heavy atom. The lowest BCUT2D eigenvalue weighted by atomic mass is 9.79. The van der Waals surface area contributed by atoms with E-state index in [1.54, 1.807) is 19.2 Å². The number of phenols is 1. The molecule has 0 radical (unpaired) electrons. The van der Waals surface area contributed by atoms with Gasteiger partial charge < -0.3 is 15.6 Å². The quantitative estimate of drug-likeness (QED) is 0.773. The van der Waals surface area contributed by atoms with Crippen LogP contribution in [-0.4, -0.2) is 18.8 Å². The highest BCUT2D eigenvalue weighted by Crippen LogP contribution is 2.38. The van der Waals surface area contributed by atoms with Crippen molar-refractivity contribution in [2.45, 2.75) is 24.9 Å². The second-order valence-electron chi connectivity index (χ2n) is 4.10. The molecule has 3 N–H and O–H groups in total. The molecule has 0 fully saturated rings. The summed E-state index contributed by atoms with van der Waals surface area (Å²) in [6, 6.07) is 5.47. The summed E-state index contributed by atoms with van der Waals surface area (Å²) in [5.74, 6) is 0.283. The van der Waals surface area contributed by atoms with Crippen molar-refractivity contribution >= 4 is 0 Å². The molecule has 1 aromatic carbocycles. The number of hydrogen-bond donors (Lipinski definition) is 2. The van der Waals surface area contributed by atoms with Gasteiger partial charge in [0, 0.05) is 13.7 Å². The molecular weight excluding hydrogens is 190 g/mol. The van der Waals surface area contributed by atoms with E-state index in [1.165, 1.54) is 5.56 Å². The molecule has 3 nitrogen and oxygen atoms in total. The van der Waals surface area contributed by atoms with Crippen LogP contribution < -0.4 is 5.73 Å². The maximum atomic E-state index is 9.52. The van der Waals surface area contributed by atoms with Crippen molar-refractivity contribution in [1.29, 1.82) is 0 Å². The molecule has 2 rings (SSSR count). The van der Waals surface area contributed by atoms with Gasteiger partial charge in [0.25, 0.3) is 0 Å². The number of nitrogens with two attached hydrogens (primary N) is 1. The number of aromatic hydroxyl groups is 1. The normalized spacial score (nSPS) is 24.9. The van der Waals surface area contributed by atoms with Gasteiger partial charge in [-0.15, -0.1) is 0 Å². The molecule has 0 heterocycles. The molecule has 1 aromatic rings. The van der Waals surface area contributed by atoms with Gasteiger partial charge in [0.1, 0.15) is 11.4 Å². The Hall–Kier alpha value is -1.06. The van der Waals surface area contributed by atoms with E-state index in [1.807, 2.05) is 6.07 Å². The molecule has 0 aromatic heterocycles. The SMILES string of the molecule is COC1(CN)CCCc2ccc(O)cc21. The summed E-state index contributed by atoms with van der Waals surface area (Å²) < 4.78 is 5.57. The van der Waals surface area contributed by atoms with E-state index < -0.39 is 5.60 Å². The summed E-state index contributed by atoms with van der Waals surface area (Å²) in [6.45, 7) is 0.458. The van der Waals surface area contributed by atoms with Crippen molar-refractivity contribution in [2.75, 3.05) is 13.7 Å². The lowest BCUT2D eigenvalue weighted by Gasteiger charge is -2.37. The van der Waals surface area contributed by atoms with Crippen LogP contribution in [0, 0.1) is 0 Å². The van der Waals surface area contributed by atoms with Crippen LogP contribution in [0.3, 0.4) is 0 Å². The zero-order valence-corrected chi connectivity index (χ0v) is 8.99. The average molecular weight is 207 g/mol. The van der Waals surface area contributed by atoms with Crippen molar-refractivity contribution in [1.82, 2.24) is 0 Å². The molecule has 0 spiro atoms. The van der Waals surface area contributed by atoms with Gasteiger partial charge >= 0.3 is 0 Å². The predicted molar refractivity (Wildman–Crippen MR) is 58.8 cm³/mol. The molecule has 0 saturated heterocycles. The first-order valence-corrected chi connectivity index (χ1v) is 5.29. The minimum Gasteiger partial charge on any atom is -0.508 e. The highest BCUT2D eigenvalue weighted by atomic mass is 16.5. The number of fused-ring (bicyclic) bond motifs is 1. The van der Waals surface area contributed by atoms with Crippen LogP contribution in [0.1, 0.15) is 24.0 Å². The lowest BCUT2D eigenvalue weighted by Crippen LogP contribution is -2.40. The minimum absolute atomic E-state index is 0.283. The predicted octanol–water partition coefficient (Wildman–Crippen LogP) is 1.53. The smallest absolute Gasteiger partial charge is 0.115 e. The molecule has 1 aliphatic carbocycles. The number of aryl methyl sites for hydroxylation is 1. The number of benzene rings is 1. The topological polar surface area (TPSA) is 55.5 Å². The average Bonchev–Trinajstić information content (AvgIpc) is 2.28. The maximum absolute atomic E-state index is 9.52. The minimum atomic E-state index is -0.397. The van der Waals surface area contributed by atoms with Crippen LogP contribution in [0.4, 0.5) is 0 Å². The lowest BCUT2D eigenvalue weighted by molar-refractivity contribution is -0.0213. The standard InChI is InChI=1S/C12H17NO2/c1-15-12(8-13)6-2-3-9-4-5-10(14)7-11(9)12/h4-5,7,14H,2-3,6,8,13H2,1H3. The van der Waals surface area contributed by atoms with E-state index >= 15 is 0 Å². The van der Waals surface area contributed by atoms with E-state index in [4.69, 9.17) is 10.5 Å². The number of ether oxygens (including phenoxy) is 1. The third kappa shape index (κ3) is 1.62. The van der Waals surface area contributed by atoms with Crippen molar-refractivity contribution in [3.8, 4) is 5.75 Å². The van der Waals surface area contributed by atoms with E-state index in [0.717, 1.165) is 24.8 Å². The Balaban J connectivity index is 2.53. The molecule has 1 unspecified atom stereocenters. The number of phenolic OH excluding ortho intramolecular Hbond substituents is 1. The zero-order valence-electron chi connectivity index (χ0n) is 8.99. The molecule has 1 aliphatic rings. The summed E-state index contributed by atoms with van der Waals surface area (Å²) in [6.07, 6.45) is 3.06. The molecule has 82 valence electrons. The monoisotopic (exact) mass is 207 g/mol.